The highest BCUT2D eigenvalue weighted by molar-refractivity contribution is 6.04. The number of benzene rings is 2. The monoisotopic (exact) mass is 266 g/mol. The summed E-state index contributed by atoms with van der Waals surface area (Å²) in [5, 5.41) is 2.19. The molecule has 0 fully saturated rings. The summed E-state index contributed by atoms with van der Waals surface area (Å²) in [4.78, 5) is 11.7. The second-order valence-corrected chi connectivity index (χ2v) is 3.79. The Kier molecular flexibility index (Phi) is 3.41. The highest BCUT2D eigenvalue weighted by Gasteiger charge is 2.17. The summed E-state index contributed by atoms with van der Waals surface area (Å²) in [5.74, 6) is -3.71. The van der Waals surface area contributed by atoms with Gasteiger partial charge in [0.25, 0.3) is 5.91 Å². The van der Waals surface area contributed by atoms with E-state index in [1.165, 1.54) is 12.1 Å². The van der Waals surface area contributed by atoms with Gasteiger partial charge in [0.1, 0.15) is 23.0 Å². The van der Waals surface area contributed by atoms with E-state index in [9.17, 15) is 18.0 Å². The number of nitrogens with one attached hydrogen (secondary N) is 1. The highest BCUT2D eigenvalue weighted by Crippen LogP contribution is 2.18. The van der Waals surface area contributed by atoms with E-state index in [2.05, 4.69) is 5.32 Å². The predicted molar refractivity (Wildman–Crippen MR) is 65.1 cm³/mol. The molecule has 0 aliphatic heterocycles. The number of halogens is 3. The van der Waals surface area contributed by atoms with Crippen molar-refractivity contribution in [3.8, 4) is 0 Å². The summed E-state index contributed by atoms with van der Waals surface area (Å²) < 4.78 is 39.9. The van der Waals surface area contributed by atoms with Crippen LogP contribution in [-0.4, -0.2) is 5.91 Å². The molecule has 0 saturated heterocycles. The van der Waals surface area contributed by atoms with Crippen LogP contribution in [-0.2, 0) is 0 Å². The fraction of sp³-hybridized carbons (Fsp3) is 0. The molecule has 0 aromatic heterocycles. The average Bonchev–Trinajstić information content (AvgIpc) is 2.33. The van der Waals surface area contributed by atoms with Crippen molar-refractivity contribution in [2.45, 2.75) is 0 Å². The Morgan fingerprint density at radius 1 is 1.00 bits per heavy atom. The molecule has 19 heavy (non-hydrogen) atoms. The van der Waals surface area contributed by atoms with Crippen LogP contribution in [0.15, 0.2) is 36.4 Å². The molecular weight excluding hydrogens is 257 g/mol. The molecule has 3 N–H and O–H groups in total. The Hall–Kier alpha value is -2.50. The number of hydrogen-bond donors (Lipinski definition) is 2. The van der Waals surface area contributed by atoms with Gasteiger partial charge in [-0.2, -0.15) is 0 Å². The molecule has 0 heterocycles. The Balaban J connectivity index is 2.28. The molecule has 0 bridgehead atoms. The summed E-state index contributed by atoms with van der Waals surface area (Å²) in [6.07, 6.45) is 0. The van der Waals surface area contributed by atoms with Crippen LogP contribution in [0.1, 0.15) is 10.4 Å². The molecule has 6 heteroatoms. The Morgan fingerprint density at radius 2 is 1.63 bits per heavy atom. The number of carbonyl (C=O) groups is 1. The predicted octanol–water partition coefficient (Wildman–Crippen LogP) is 2.94. The van der Waals surface area contributed by atoms with Crippen LogP contribution in [0.25, 0.3) is 0 Å². The molecule has 98 valence electrons. The molecule has 0 saturated carbocycles. The quantitative estimate of drug-likeness (QED) is 0.821. The van der Waals surface area contributed by atoms with Crippen LogP contribution in [0.4, 0.5) is 24.5 Å². The zero-order valence-corrected chi connectivity index (χ0v) is 9.58. The van der Waals surface area contributed by atoms with E-state index >= 15 is 0 Å². The second-order valence-electron chi connectivity index (χ2n) is 3.79. The maximum Gasteiger partial charge on any atom is 0.261 e. The van der Waals surface area contributed by atoms with Crippen molar-refractivity contribution in [2.75, 3.05) is 11.1 Å². The SMILES string of the molecule is Nc1ccc(NC(=O)c2c(F)cccc2F)cc1F. The minimum absolute atomic E-state index is 0.0550. The molecule has 0 atom stereocenters. The number of hydrogen-bond acceptors (Lipinski definition) is 2. The van der Waals surface area contributed by atoms with Gasteiger partial charge in [-0.15, -0.1) is 0 Å². The number of nitrogen functional groups attached to an aromatic ring is 1. The van der Waals surface area contributed by atoms with Crippen molar-refractivity contribution in [1.29, 1.82) is 0 Å². The average molecular weight is 266 g/mol. The Labute approximate surface area is 106 Å². The lowest BCUT2D eigenvalue weighted by atomic mass is 10.1. The Morgan fingerprint density at radius 3 is 2.21 bits per heavy atom. The molecule has 0 unspecified atom stereocenters. The molecule has 2 rings (SSSR count). The maximum absolute atomic E-state index is 13.4. The summed E-state index contributed by atoms with van der Waals surface area (Å²) in [7, 11) is 0. The third-order valence-electron chi connectivity index (χ3n) is 2.45. The minimum atomic E-state index is -1.00. The van der Waals surface area contributed by atoms with Crippen LogP contribution >= 0.6 is 0 Å². The van der Waals surface area contributed by atoms with Crippen molar-refractivity contribution >= 4 is 17.3 Å². The van der Waals surface area contributed by atoms with E-state index < -0.39 is 28.9 Å². The van der Waals surface area contributed by atoms with E-state index in [1.54, 1.807) is 0 Å². The van der Waals surface area contributed by atoms with E-state index in [0.717, 1.165) is 24.3 Å². The highest BCUT2D eigenvalue weighted by atomic mass is 19.1. The smallest absolute Gasteiger partial charge is 0.261 e. The number of rotatable bonds is 2. The molecule has 0 radical (unpaired) electrons. The fourth-order valence-corrected chi connectivity index (χ4v) is 1.51. The van der Waals surface area contributed by atoms with Gasteiger partial charge in [0.15, 0.2) is 0 Å². The van der Waals surface area contributed by atoms with E-state index in [-0.39, 0.29) is 11.4 Å². The fourth-order valence-electron chi connectivity index (χ4n) is 1.51. The lowest BCUT2D eigenvalue weighted by molar-refractivity contribution is 0.101. The lowest BCUT2D eigenvalue weighted by Crippen LogP contribution is -2.16. The third-order valence-corrected chi connectivity index (χ3v) is 2.45. The summed E-state index contributed by atoms with van der Waals surface area (Å²) in [5.41, 5.74) is 4.52. The van der Waals surface area contributed by atoms with Crippen molar-refractivity contribution in [3.05, 3.63) is 59.4 Å². The van der Waals surface area contributed by atoms with Gasteiger partial charge in [0.05, 0.1) is 5.69 Å². The minimum Gasteiger partial charge on any atom is -0.396 e. The zero-order chi connectivity index (χ0) is 14.0. The van der Waals surface area contributed by atoms with E-state index in [1.807, 2.05) is 0 Å². The number of amides is 1. The van der Waals surface area contributed by atoms with Gasteiger partial charge in [-0.25, -0.2) is 13.2 Å². The molecule has 3 nitrogen and oxygen atoms in total. The number of carbonyl (C=O) groups excluding carboxylic acids is 1. The van der Waals surface area contributed by atoms with Gasteiger partial charge in [-0.05, 0) is 30.3 Å². The number of nitrogens with two attached hydrogens (primary N) is 1. The zero-order valence-electron chi connectivity index (χ0n) is 9.58. The molecule has 2 aromatic carbocycles. The largest absolute Gasteiger partial charge is 0.396 e. The van der Waals surface area contributed by atoms with E-state index in [0.29, 0.717) is 0 Å². The summed E-state index contributed by atoms with van der Waals surface area (Å²) in [6.45, 7) is 0. The van der Waals surface area contributed by atoms with E-state index in [4.69, 9.17) is 5.73 Å². The first-order valence-electron chi connectivity index (χ1n) is 5.29. The van der Waals surface area contributed by atoms with Crippen molar-refractivity contribution < 1.29 is 18.0 Å². The first-order valence-corrected chi connectivity index (χ1v) is 5.29. The lowest BCUT2D eigenvalue weighted by Gasteiger charge is -2.07. The third kappa shape index (κ3) is 2.67. The van der Waals surface area contributed by atoms with Crippen LogP contribution in [0.3, 0.4) is 0 Å². The van der Waals surface area contributed by atoms with Crippen molar-refractivity contribution in [3.63, 3.8) is 0 Å². The van der Waals surface area contributed by atoms with Gasteiger partial charge in [0.2, 0.25) is 0 Å². The molecular formula is C13H9F3N2O. The van der Waals surface area contributed by atoms with Crippen LogP contribution in [0.5, 0.6) is 0 Å². The first-order chi connectivity index (χ1) is 8.99. The van der Waals surface area contributed by atoms with Gasteiger partial charge in [-0.1, -0.05) is 6.07 Å². The van der Waals surface area contributed by atoms with Crippen LogP contribution in [0, 0.1) is 17.5 Å². The Bertz CT molecular complexity index is 624. The van der Waals surface area contributed by atoms with Gasteiger partial charge >= 0.3 is 0 Å². The molecule has 0 aliphatic carbocycles. The number of anilines is 2. The summed E-state index contributed by atoms with van der Waals surface area (Å²) in [6, 6.07) is 6.59. The topological polar surface area (TPSA) is 55.1 Å². The van der Waals surface area contributed by atoms with Crippen LogP contribution in [0.2, 0.25) is 0 Å². The van der Waals surface area contributed by atoms with Crippen molar-refractivity contribution in [1.82, 2.24) is 0 Å². The first kappa shape index (κ1) is 12.9. The second kappa shape index (κ2) is 5.01. The normalized spacial score (nSPS) is 10.3. The molecule has 2 aromatic rings. The standard InChI is InChI=1S/C13H9F3N2O/c14-8-2-1-3-9(15)12(8)13(19)18-7-4-5-11(17)10(16)6-7/h1-6H,17H2,(H,18,19). The van der Waals surface area contributed by atoms with Gasteiger partial charge in [0, 0.05) is 5.69 Å². The van der Waals surface area contributed by atoms with Gasteiger partial charge < -0.3 is 11.1 Å². The molecule has 0 aliphatic rings. The summed E-state index contributed by atoms with van der Waals surface area (Å²) >= 11 is 0. The maximum atomic E-state index is 13.4. The molecule has 1 amide bonds. The van der Waals surface area contributed by atoms with Crippen molar-refractivity contribution in [2.24, 2.45) is 0 Å². The molecule has 0 spiro atoms. The van der Waals surface area contributed by atoms with Crippen LogP contribution < -0.4 is 11.1 Å². The van der Waals surface area contributed by atoms with Gasteiger partial charge in [-0.3, -0.25) is 4.79 Å².